The third-order valence-corrected chi connectivity index (χ3v) is 5.13. The van der Waals surface area contributed by atoms with Gasteiger partial charge in [-0.3, -0.25) is 4.90 Å². The average Bonchev–Trinajstić information content (AvgIpc) is 2.47. The Morgan fingerprint density at radius 3 is 2.60 bits per heavy atom. The number of hydrogen-bond acceptors (Lipinski definition) is 1. The Morgan fingerprint density at radius 2 is 1.85 bits per heavy atom. The largest absolute Gasteiger partial charge is 0.295 e. The minimum Gasteiger partial charge on any atom is -0.295 e. The fraction of sp³-hybridized carbons (Fsp3) is 0.684. The highest BCUT2D eigenvalue weighted by Crippen LogP contribution is 2.42. The molecule has 3 rings (SSSR count). The summed E-state index contributed by atoms with van der Waals surface area (Å²) in [6.45, 7) is 7.24. The summed E-state index contributed by atoms with van der Waals surface area (Å²) in [5, 5.41) is 0. The van der Waals surface area contributed by atoms with Gasteiger partial charge in [-0.1, -0.05) is 57.4 Å². The Labute approximate surface area is 124 Å². The van der Waals surface area contributed by atoms with Crippen LogP contribution in [0.5, 0.6) is 0 Å². The zero-order valence-electron chi connectivity index (χ0n) is 13.1. The SMILES string of the molecule is CC(C)CN1CCc2ccccc2C1C1CCCCC1. The molecule has 1 atom stereocenters. The zero-order chi connectivity index (χ0) is 13.9. The average molecular weight is 271 g/mol. The number of benzene rings is 1. The molecule has 1 saturated carbocycles. The van der Waals surface area contributed by atoms with E-state index in [1.165, 1.54) is 51.6 Å². The number of rotatable bonds is 3. The first-order chi connectivity index (χ1) is 9.75. The highest BCUT2D eigenvalue weighted by atomic mass is 15.2. The molecule has 0 spiro atoms. The van der Waals surface area contributed by atoms with Gasteiger partial charge in [0.15, 0.2) is 0 Å². The lowest BCUT2D eigenvalue weighted by Gasteiger charge is -2.43. The molecule has 1 heteroatoms. The minimum absolute atomic E-state index is 0.697. The van der Waals surface area contributed by atoms with E-state index in [1.54, 1.807) is 11.1 Å². The summed E-state index contributed by atoms with van der Waals surface area (Å²) in [5.41, 5.74) is 3.26. The molecule has 1 nitrogen and oxygen atoms in total. The van der Waals surface area contributed by atoms with E-state index in [1.807, 2.05) is 0 Å². The fourth-order valence-electron chi connectivity index (χ4n) is 4.33. The van der Waals surface area contributed by atoms with Crippen molar-refractivity contribution in [2.45, 2.75) is 58.4 Å². The van der Waals surface area contributed by atoms with Crippen LogP contribution in [0.15, 0.2) is 24.3 Å². The second-order valence-corrected chi connectivity index (χ2v) is 7.18. The quantitative estimate of drug-likeness (QED) is 0.761. The molecule has 0 saturated heterocycles. The predicted octanol–water partition coefficient (Wildman–Crippen LogP) is 4.82. The van der Waals surface area contributed by atoms with E-state index in [0.717, 1.165) is 11.8 Å². The molecule has 1 aliphatic heterocycles. The number of fused-ring (bicyclic) bond motifs is 1. The monoisotopic (exact) mass is 271 g/mol. The van der Waals surface area contributed by atoms with E-state index < -0.39 is 0 Å². The van der Waals surface area contributed by atoms with Gasteiger partial charge in [0, 0.05) is 19.1 Å². The fourth-order valence-corrected chi connectivity index (χ4v) is 4.33. The van der Waals surface area contributed by atoms with E-state index in [2.05, 4.69) is 43.0 Å². The van der Waals surface area contributed by atoms with Crippen molar-refractivity contribution in [3.05, 3.63) is 35.4 Å². The molecule has 1 aliphatic carbocycles. The van der Waals surface area contributed by atoms with Gasteiger partial charge in [0.1, 0.15) is 0 Å². The zero-order valence-corrected chi connectivity index (χ0v) is 13.1. The van der Waals surface area contributed by atoms with Gasteiger partial charge in [-0.25, -0.2) is 0 Å². The van der Waals surface area contributed by atoms with Crippen LogP contribution in [-0.2, 0) is 6.42 Å². The normalized spacial score (nSPS) is 24.9. The molecule has 1 aromatic carbocycles. The highest BCUT2D eigenvalue weighted by molar-refractivity contribution is 5.33. The number of hydrogen-bond donors (Lipinski definition) is 0. The van der Waals surface area contributed by atoms with Crippen LogP contribution >= 0.6 is 0 Å². The molecule has 1 unspecified atom stereocenters. The van der Waals surface area contributed by atoms with E-state index in [9.17, 15) is 0 Å². The summed E-state index contributed by atoms with van der Waals surface area (Å²) in [7, 11) is 0. The predicted molar refractivity (Wildman–Crippen MR) is 85.9 cm³/mol. The van der Waals surface area contributed by atoms with Crippen LogP contribution in [0.25, 0.3) is 0 Å². The minimum atomic E-state index is 0.697. The molecule has 20 heavy (non-hydrogen) atoms. The molecule has 1 fully saturated rings. The van der Waals surface area contributed by atoms with Crippen LogP contribution in [0.4, 0.5) is 0 Å². The maximum Gasteiger partial charge on any atom is 0.0379 e. The molecule has 0 aromatic heterocycles. The van der Waals surface area contributed by atoms with E-state index in [0.29, 0.717) is 6.04 Å². The molecule has 2 aliphatic rings. The second-order valence-electron chi connectivity index (χ2n) is 7.18. The third kappa shape index (κ3) is 2.93. The molecule has 0 radical (unpaired) electrons. The first kappa shape index (κ1) is 14.1. The van der Waals surface area contributed by atoms with Crippen LogP contribution in [-0.4, -0.2) is 18.0 Å². The number of nitrogens with zero attached hydrogens (tertiary/aromatic N) is 1. The standard InChI is InChI=1S/C19H29N/c1-15(2)14-20-13-12-16-8-6-7-11-18(16)19(20)17-9-4-3-5-10-17/h6-8,11,15,17,19H,3-5,9-10,12-14H2,1-2H3. The summed E-state index contributed by atoms with van der Waals surface area (Å²) < 4.78 is 0. The van der Waals surface area contributed by atoms with Gasteiger partial charge in [0.25, 0.3) is 0 Å². The molecule has 1 heterocycles. The lowest BCUT2D eigenvalue weighted by molar-refractivity contribution is 0.0951. The lowest BCUT2D eigenvalue weighted by atomic mass is 9.77. The maximum absolute atomic E-state index is 2.79. The van der Waals surface area contributed by atoms with Crippen molar-refractivity contribution in [2.24, 2.45) is 11.8 Å². The van der Waals surface area contributed by atoms with Crippen molar-refractivity contribution >= 4 is 0 Å². The lowest BCUT2D eigenvalue weighted by Crippen LogP contribution is -2.41. The molecular formula is C19H29N. The Hall–Kier alpha value is -0.820. The van der Waals surface area contributed by atoms with E-state index >= 15 is 0 Å². The third-order valence-electron chi connectivity index (χ3n) is 5.13. The van der Waals surface area contributed by atoms with Crippen molar-refractivity contribution in [2.75, 3.05) is 13.1 Å². The summed E-state index contributed by atoms with van der Waals surface area (Å²) in [5.74, 6) is 1.66. The van der Waals surface area contributed by atoms with Crippen molar-refractivity contribution < 1.29 is 0 Å². The van der Waals surface area contributed by atoms with Gasteiger partial charge in [-0.05, 0) is 42.2 Å². The van der Waals surface area contributed by atoms with Crippen molar-refractivity contribution in [1.82, 2.24) is 4.90 Å². The second kappa shape index (κ2) is 6.30. The summed E-state index contributed by atoms with van der Waals surface area (Å²) >= 11 is 0. The van der Waals surface area contributed by atoms with Crippen LogP contribution in [0.1, 0.15) is 63.1 Å². The van der Waals surface area contributed by atoms with Gasteiger partial charge in [0.2, 0.25) is 0 Å². The first-order valence-electron chi connectivity index (χ1n) is 8.57. The van der Waals surface area contributed by atoms with Gasteiger partial charge in [0.05, 0.1) is 0 Å². The summed E-state index contributed by atoms with van der Waals surface area (Å²) in [6, 6.07) is 9.92. The molecule has 0 bridgehead atoms. The van der Waals surface area contributed by atoms with Gasteiger partial charge in [-0.2, -0.15) is 0 Å². The van der Waals surface area contributed by atoms with Crippen molar-refractivity contribution in [3.8, 4) is 0 Å². The first-order valence-corrected chi connectivity index (χ1v) is 8.57. The molecule has 110 valence electrons. The van der Waals surface area contributed by atoms with Gasteiger partial charge < -0.3 is 0 Å². The van der Waals surface area contributed by atoms with Crippen LogP contribution in [0.3, 0.4) is 0 Å². The molecule has 0 N–H and O–H groups in total. The van der Waals surface area contributed by atoms with Crippen LogP contribution < -0.4 is 0 Å². The van der Waals surface area contributed by atoms with E-state index in [4.69, 9.17) is 0 Å². The Kier molecular flexibility index (Phi) is 4.45. The topological polar surface area (TPSA) is 3.24 Å². The van der Waals surface area contributed by atoms with Crippen molar-refractivity contribution in [3.63, 3.8) is 0 Å². The maximum atomic E-state index is 2.79. The Morgan fingerprint density at radius 1 is 1.10 bits per heavy atom. The van der Waals surface area contributed by atoms with Crippen LogP contribution in [0.2, 0.25) is 0 Å². The summed E-state index contributed by atoms with van der Waals surface area (Å²) in [6.07, 6.45) is 8.46. The van der Waals surface area contributed by atoms with Crippen LogP contribution in [0, 0.1) is 11.8 Å². The van der Waals surface area contributed by atoms with Gasteiger partial charge >= 0.3 is 0 Å². The smallest absolute Gasteiger partial charge is 0.0379 e. The highest BCUT2D eigenvalue weighted by Gasteiger charge is 2.34. The molecular weight excluding hydrogens is 242 g/mol. The summed E-state index contributed by atoms with van der Waals surface area (Å²) in [4.78, 5) is 2.79. The van der Waals surface area contributed by atoms with E-state index in [-0.39, 0.29) is 0 Å². The molecule has 1 aromatic rings. The Balaban J connectivity index is 1.89. The van der Waals surface area contributed by atoms with Crippen molar-refractivity contribution in [1.29, 1.82) is 0 Å². The van der Waals surface area contributed by atoms with Gasteiger partial charge in [-0.15, -0.1) is 0 Å². The Bertz CT molecular complexity index is 431. The molecule has 0 amide bonds.